The monoisotopic (exact) mass is 540 g/mol. The van der Waals surface area contributed by atoms with E-state index < -0.39 is 11.3 Å². The number of carbonyl (C=O) groups excluding carboxylic acids is 2. The molecule has 0 radical (unpaired) electrons. The molecule has 6 rings (SSSR count). The molecule has 5 aliphatic carbocycles. The van der Waals surface area contributed by atoms with Crippen molar-refractivity contribution < 1.29 is 19.1 Å². The van der Waals surface area contributed by atoms with Crippen LogP contribution in [0.5, 0.6) is 0 Å². The van der Waals surface area contributed by atoms with Gasteiger partial charge in [-0.05, 0) is 135 Å². The van der Waals surface area contributed by atoms with Crippen molar-refractivity contribution in [2.75, 3.05) is 13.2 Å². The first-order valence-electron chi connectivity index (χ1n) is 16.7. The van der Waals surface area contributed by atoms with E-state index in [0.717, 1.165) is 68.4 Å². The highest BCUT2D eigenvalue weighted by molar-refractivity contribution is 5.97. The van der Waals surface area contributed by atoms with E-state index in [-0.39, 0.29) is 17.5 Å². The van der Waals surface area contributed by atoms with E-state index in [0.29, 0.717) is 22.7 Å². The molecule has 0 amide bonds. The molecule has 39 heavy (non-hydrogen) atoms. The molecule has 6 aliphatic rings. The molecule has 3 unspecified atom stereocenters. The van der Waals surface area contributed by atoms with Gasteiger partial charge in [-0.3, -0.25) is 4.79 Å². The Labute approximate surface area is 238 Å². The molecule has 0 aromatic heterocycles. The number of ether oxygens (including phenoxy) is 2. The third-order valence-corrected chi connectivity index (χ3v) is 14.3. The van der Waals surface area contributed by atoms with Gasteiger partial charge in [-0.1, -0.05) is 41.5 Å². The molecule has 0 aromatic rings. The fourth-order valence-corrected chi connectivity index (χ4v) is 12.7. The van der Waals surface area contributed by atoms with Gasteiger partial charge in [0.25, 0.3) is 0 Å². The standard InChI is InChI=1S/C35H56O4/c1-22(2)24-12-16-35(21-39-29-9-7-8-18-38-29)17-13-26-25(30(24)35)10-11-28-33(26,5)15-14-27-32(3,4)31(37)23(20-36)19-34(27,28)6/h20,22-30H,7-19,21H2,1-6H3/t23?,24-,25-,26?,27-,28-,29?,30+,33-,34-,35+/m0/s1. The van der Waals surface area contributed by atoms with Gasteiger partial charge in [0.15, 0.2) is 6.29 Å². The van der Waals surface area contributed by atoms with Crippen LogP contribution in [0.2, 0.25) is 0 Å². The molecule has 4 nitrogen and oxygen atoms in total. The summed E-state index contributed by atoms with van der Waals surface area (Å²) >= 11 is 0. The minimum absolute atomic E-state index is 0.0104. The summed E-state index contributed by atoms with van der Waals surface area (Å²) in [5.74, 6) is 4.61. The minimum Gasteiger partial charge on any atom is -0.353 e. The van der Waals surface area contributed by atoms with Crippen molar-refractivity contribution in [2.24, 2.45) is 69.0 Å². The number of hydrogen-bond acceptors (Lipinski definition) is 4. The fourth-order valence-electron chi connectivity index (χ4n) is 12.7. The van der Waals surface area contributed by atoms with Gasteiger partial charge in [0.1, 0.15) is 12.1 Å². The predicted molar refractivity (Wildman–Crippen MR) is 154 cm³/mol. The molecular weight excluding hydrogens is 484 g/mol. The number of fused-ring (bicyclic) bond motifs is 7. The average Bonchev–Trinajstić information content (AvgIpc) is 3.31. The highest BCUT2D eigenvalue weighted by atomic mass is 16.7. The number of Topliss-reactive ketones (excluding diaryl/α,β-unsaturated/α-hetero) is 1. The SMILES string of the molecule is CC(C)[C@@H]1CC[C@]2(COC3CCCCO3)CCC3[C@H](CC[C@@H]4[C@@]5(C)CC(C=O)C(=O)C(C)(C)[C@@H]5CC[C@@]34C)[C@@H]12. The van der Waals surface area contributed by atoms with E-state index in [1.54, 1.807) is 0 Å². The summed E-state index contributed by atoms with van der Waals surface area (Å²) in [6.45, 7) is 16.1. The first kappa shape index (κ1) is 28.4. The average molecular weight is 541 g/mol. The normalized spacial score (nSPS) is 51.0. The van der Waals surface area contributed by atoms with Crippen molar-refractivity contribution in [2.45, 2.75) is 125 Å². The Morgan fingerprint density at radius 1 is 0.923 bits per heavy atom. The Kier molecular flexibility index (Phi) is 7.22. The maximum absolute atomic E-state index is 13.3. The first-order valence-corrected chi connectivity index (χ1v) is 16.7. The van der Waals surface area contributed by atoms with Crippen molar-refractivity contribution >= 4 is 12.1 Å². The van der Waals surface area contributed by atoms with Gasteiger partial charge >= 0.3 is 0 Å². The Hall–Kier alpha value is -0.740. The molecule has 5 saturated carbocycles. The highest BCUT2D eigenvalue weighted by Crippen LogP contribution is 2.73. The van der Waals surface area contributed by atoms with Gasteiger partial charge in [-0.15, -0.1) is 0 Å². The molecule has 0 spiro atoms. The fraction of sp³-hybridized carbons (Fsp3) is 0.943. The number of ketones is 1. The first-order chi connectivity index (χ1) is 18.5. The minimum atomic E-state index is -0.417. The largest absolute Gasteiger partial charge is 0.353 e. The third-order valence-electron chi connectivity index (χ3n) is 14.3. The summed E-state index contributed by atoms with van der Waals surface area (Å²) in [7, 11) is 0. The number of carbonyl (C=O) groups is 2. The Morgan fingerprint density at radius 2 is 1.69 bits per heavy atom. The van der Waals surface area contributed by atoms with E-state index in [4.69, 9.17) is 9.47 Å². The quantitative estimate of drug-likeness (QED) is 0.263. The zero-order valence-electron chi connectivity index (χ0n) is 25.8. The predicted octanol–water partition coefficient (Wildman–Crippen LogP) is 7.87. The van der Waals surface area contributed by atoms with Gasteiger partial charge in [0.2, 0.25) is 0 Å². The van der Waals surface area contributed by atoms with Crippen LogP contribution in [-0.2, 0) is 19.1 Å². The lowest BCUT2D eigenvalue weighted by molar-refractivity contribution is -0.220. The smallest absolute Gasteiger partial charge is 0.157 e. The molecule has 1 heterocycles. The summed E-state index contributed by atoms with van der Waals surface area (Å²) in [5, 5.41) is 0. The van der Waals surface area contributed by atoms with Crippen molar-refractivity contribution in [3.05, 3.63) is 0 Å². The van der Waals surface area contributed by atoms with E-state index >= 15 is 0 Å². The van der Waals surface area contributed by atoms with E-state index in [2.05, 4.69) is 41.5 Å². The maximum Gasteiger partial charge on any atom is 0.157 e. The van der Waals surface area contributed by atoms with Crippen molar-refractivity contribution in [1.82, 2.24) is 0 Å². The van der Waals surface area contributed by atoms with E-state index in [9.17, 15) is 9.59 Å². The second-order valence-electron chi connectivity index (χ2n) is 16.5. The van der Waals surface area contributed by atoms with Crippen LogP contribution in [0.15, 0.2) is 0 Å². The summed E-state index contributed by atoms with van der Waals surface area (Å²) in [4.78, 5) is 25.5. The number of aldehydes is 1. The van der Waals surface area contributed by atoms with E-state index in [1.165, 1.54) is 57.8 Å². The lowest BCUT2D eigenvalue weighted by Crippen LogP contribution is -2.64. The molecule has 0 N–H and O–H groups in total. The lowest BCUT2D eigenvalue weighted by atomic mass is 9.35. The molecular formula is C35H56O4. The Bertz CT molecular complexity index is 950. The van der Waals surface area contributed by atoms with Crippen LogP contribution in [0.25, 0.3) is 0 Å². The second-order valence-corrected chi connectivity index (χ2v) is 16.5. The molecule has 1 aliphatic heterocycles. The number of hydrogen-bond donors (Lipinski definition) is 0. The highest BCUT2D eigenvalue weighted by Gasteiger charge is 2.68. The van der Waals surface area contributed by atoms with Crippen LogP contribution in [-0.4, -0.2) is 31.6 Å². The maximum atomic E-state index is 13.3. The second kappa shape index (κ2) is 9.92. The van der Waals surface area contributed by atoms with Crippen LogP contribution in [0, 0.1) is 69.0 Å². The van der Waals surface area contributed by atoms with Gasteiger partial charge < -0.3 is 14.3 Å². The third kappa shape index (κ3) is 4.18. The zero-order valence-corrected chi connectivity index (χ0v) is 25.8. The molecule has 220 valence electrons. The van der Waals surface area contributed by atoms with Crippen molar-refractivity contribution in [3.8, 4) is 0 Å². The van der Waals surface area contributed by atoms with Crippen LogP contribution in [0.1, 0.15) is 119 Å². The summed E-state index contributed by atoms with van der Waals surface area (Å²) in [6.07, 6.45) is 15.5. The summed E-state index contributed by atoms with van der Waals surface area (Å²) < 4.78 is 12.6. The summed E-state index contributed by atoms with van der Waals surface area (Å²) in [5.41, 5.74) is 0.306. The molecule has 0 bridgehead atoms. The Morgan fingerprint density at radius 3 is 2.38 bits per heavy atom. The van der Waals surface area contributed by atoms with Gasteiger partial charge in [0, 0.05) is 12.0 Å². The van der Waals surface area contributed by atoms with Gasteiger partial charge in [-0.25, -0.2) is 0 Å². The van der Waals surface area contributed by atoms with Gasteiger partial charge in [0.05, 0.1) is 12.5 Å². The Balaban J connectivity index is 1.29. The van der Waals surface area contributed by atoms with Crippen LogP contribution >= 0.6 is 0 Å². The zero-order chi connectivity index (χ0) is 27.8. The summed E-state index contributed by atoms with van der Waals surface area (Å²) in [6, 6.07) is 0. The lowest BCUT2D eigenvalue weighted by Gasteiger charge is -2.69. The molecule has 6 fully saturated rings. The van der Waals surface area contributed by atoms with Gasteiger partial charge in [-0.2, -0.15) is 0 Å². The van der Waals surface area contributed by atoms with E-state index in [1.807, 2.05) is 0 Å². The molecule has 1 saturated heterocycles. The van der Waals surface area contributed by atoms with Crippen molar-refractivity contribution in [3.63, 3.8) is 0 Å². The number of rotatable bonds is 5. The van der Waals surface area contributed by atoms with Crippen LogP contribution < -0.4 is 0 Å². The molecule has 11 atom stereocenters. The molecule has 0 aromatic carbocycles. The van der Waals surface area contributed by atoms with Crippen molar-refractivity contribution in [1.29, 1.82) is 0 Å². The topological polar surface area (TPSA) is 52.6 Å². The molecule has 4 heteroatoms. The van der Waals surface area contributed by atoms with Crippen LogP contribution in [0.4, 0.5) is 0 Å². The van der Waals surface area contributed by atoms with Crippen LogP contribution in [0.3, 0.4) is 0 Å².